The van der Waals surface area contributed by atoms with Gasteiger partial charge in [-0.15, -0.1) is 0 Å². The molecule has 0 radical (unpaired) electrons. The van der Waals surface area contributed by atoms with Crippen LogP contribution in [-0.4, -0.2) is 13.7 Å². The second kappa shape index (κ2) is 7.57. The number of aryl methyl sites for hydroxylation is 1. The molecule has 0 atom stereocenters. The molecular formula is C22H26O2. The van der Waals surface area contributed by atoms with Gasteiger partial charge in [0.25, 0.3) is 0 Å². The van der Waals surface area contributed by atoms with Gasteiger partial charge in [0, 0.05) is 21.5 Å². The molecule has 0 aromatic heterocycles. The first-order valence-corrected chi connectivity index (χ1v) is 8.94. The van der Waals surface area contributed by atoms with E-state index in [0.29, 0.717) is 0 Å². The summed E-state index contributed by atoms with van der Waals surface area (Å²) < 4.78 is 12.0. The van der Waals surface area contributed by atoms with E-state index in [0.717, 1.165) is 52.5 Å². The summed E-state index contributed by atoms with van der Waals surface area (Å²) in [6.45, 7) is 5.15. The Morgan fingerprint density at radius 1 is 0.792 bits per heavy atom. The maximum Gasteiger partial charge on any atom is 0.135 e. The van der Waals surface area contributed by atoms with E-state index >= 15 is 0 Å². The lowest BCUT2D eigenvalue weighted by Gasteiger charge is -2.17. The molecule has 0 aliphatic rings. The van der Waals surface area contributed by atoms with E-state index in [9.17, 15) is 0 Å². The molecule has 3 aromatic rings. The number of ether oxygens (including phenoxy) is 2. The third kappa shape index (κ3) is 3.06. The summed E-state index contributed by atoms with van der Waals surface area (Å²) in [6, 6.07) is 15.0. The van der Waals surface area contributed by atoms with Crippen molar-refractivity contribution in [2.45, 2.75) is 39.5 Å². The highest BCUT2D eigenvalue weighted by molar-refractivity contribution is 6.11. The Balaban J connectivity index is 2.21. The highest BCUT2D eigenvalue weighted by atomic mass is 16.5. The third-order valence-corrected chi connectivity index (χ3v) is 4.60. The first-order valence-electron chi connectivity index (χ1n) is 8.94. The fourth-order valence-corrected chi connectivity index (χ4v) is 3.27. The molecule has 24 heavy (non-hydrogen) atoms. The van der Waals surface area contributed by atoms with E-state index < -0.39 is 0 Å². The third-order valence-electron chi connectivity index (χ3n) is 4.60. The van der Waals surface area contributed by atoms with Crippen molar-refractivity contribution in [2.75, 3.05) is 13.7 Å². The molecule has 0 fully saturated rings. The minimum atomic E-state index is 0.759. The first kappa shape index (κ1) is 16.6. The molecule has 2 heteroatoms. The predicted octanol–water partition coefficient (Wildman–Crippen LogP) is 6.13. The lowest BCUT2D eigenvalue weighted by Crippen LogP contribution is -2.00. The van der Waals surface area contributed by atoms with Crippen LogP contribution in [0.25, 0.3) is 21.5 Å². The molecule has 0 spiro atoms. The lowest BCUT2D eigenvalue weighted by molar-refractivity contribution is 0.313. The molecule has 0 saturated heterocycles. The maximum absolute atomic E-state index is 6.25. The number of hydrogen-bond donors (Lipinski definition) is 0. The highest BCUT2D eigenvalue weighted by Gasteiger charge is 2.15. The fraction of sp³-hybridized carbons (Fsp3) is 0.364. The summed E-state index contributed by atoms with van der Waals surface area (Å²) >= 11 is 0. The second-order valence-electron chi connectivity index (χ2n) is 6.20. The van der Waals surface area contributed by atoms with Gasteiger partial charge in [0.1, 0.15) is 11.5 Å². The fourth-order valence-electron chi connectivity index (χ4n) is 3.27. The van der Waals surface area contributed by atoms with Crippen LogP contribution < -0.4 is 9.47 Å². The van der Waals surface area contributed by atoms with Crippen molar-refractivity contribution >= 4 is 21.5 Å². The van der Waals surface area contributed by atoms with Crippen LogP contribution in [-0.2, 0) is 6.42 Å². The van der Waals surface area contributed by atoms with E-state index in [2.05, 4.69) is 56.3 Å². The SMILES string of the molecule is CCCCCOc1c2ccccc2c(OC)c2cc(CC)ccc12. The quantitative estimate of drug-likeness (QED) is 0.384. The Labute approximate surface area is 144 Å². The predicted molar refractivity (Wildman–Crippen MR) is 102 cm³/mol. The lowest BCUT2D eigenvalue weighted by atomic mass is 9.98. The molecule has 0 unspecified atom stereocenters. The van der Waals surface area contributed by atoms with Crippen molar-refractivity contribution in [1.29, 1.82) is 0 Å². The normalized spacial score (nSPS) is 11.1. The van der Waals surface area contributed by atoms with Gasteiger partial charge < -0.3 is 9.47 Å². The molecule has 0 heterocycles. The summed E-state index contributed by atoms with van der Waals surface area (Å²) in [5.74, 6) is 1.93. The summed E-state index contributed by atoms with van der Waals surface area (Å²) in [4.78, 5) is 0. The van der Waals surface area contributed by atoms with Gasteiger partial charge in [0.15, 0.2) is 0 Å². The molecule has 3 aromatic carbocycles. The summed E-state index contributed by atoms with van der Waals surface area (Å²) in [5, 5.41) is 4.52. The van der Waals surface area contributed by atoms with Crippen molar-refractivity contribution in [2.24, 2.45) is 0 Å². The number of fused-ring (bicyclic) bond motifs is 2. The molecule has 0 N–H and O–H groups in total. The Morgan fingerprint density at radius 3 is 2.17 bits per heavy atom. The molecular weight excluding hydrogens is 296 g/mol. The Morgan fingerprint density at radius 2 is 1.50 bits per heavy atom. The van der Waals surface area contributed by atoms with Gasteiger partial charge in [-0.3, -0.25) is 0 Å². The van der Waals surface area contributed by atoms with Gasteiger partial charge in [0.05, 0.1) is 13.7 Å². The first-order chi connectivity index (χ1) is 11.8. The van der Waals surface area contributed by atoms with Gasteiger partial charge in [-0.2, -0.15) is 0 Å². The molecule has 0 bridgehead atoms. The van der Waals surface area contributed by atoms with Crippen LogP contribution in [0.5, 0.6) is 11.5 Å². The molecule has 0 aliphatic carbocycles. The zero-order valence-corrected chi connectivity index (χ0v) is 14.9. The van der Waals surface area contributed by atoms with Crippen molar-refractivity contribution in [1.82, 2.24) is 0 Å². The highest BCUT2D eigenvalue weighted by Crippen LogP contribution is 2.43. The van der Waals surface area contributed by atoms with Gasteiger partial charge in [-0.05, 0) is 24.5 Å². The summed E-state index contributed by atoms with van der Waals surface area (Å²) in [6.07, 6.45) is 4.50. The average molecular weight is 322 g/mol. The molecule has 0 aliphatic heterocycles. The monoisotopic (exact) mass is 322 g/mol. The number of benzene rings is 3. The van der Waals surface area contributed by atoms with Crippen LogP contribution in [0, 0.1) is 0 Å². The molecule has 0 amide bonds. The average Bonchev–Trinajstić information content (AvgIpc) is 2.64. The largest absolute Gasteiger partial charge is 0.495 e. The van der Waals surface area contributed by atoms with Crippen molar-refractivity contribution < 1.29 is 9.47 Å². The number of rotatable bonds is 7. The second-order valence-corrected chi connectivity index (χ2v) is 6.20. The van der Waals surface area contributed by atoms with E-state index in [1.54, 1.807) is 7.11 Å². The van der Waals surface area contributed by atoms with Gasteiger partial charge in [-0.1, -0.05) is 63.1 Å². The number of methoxy groups -OCH3 is 1. The van der Waals surface area contributed by atoms with E-state index in [4.69, 9.17) is 9.47 Å². The zero-order chi connectivity index (χ0) is 16.9. The summed E-state index contributed by atoms with van der Waals surface area (Å²) in [5.41, 5.74) is 1.31. The zero-order valence-electron chi connectivity index (χ0n) is 14.9. The topological polar surface area (TPSA) is 18.5 Å². The van der Waals surface area contributed by atoms with Crippen molar-refractivity contribution in [3.8, 4) is 11.5 Å². The molecule has 3 rings (SSSR count). The van der Waals surface area contributed by atoms with Crippen LogP contribution in [0.15, 0.2) is 42.5 Å². The minimum Gasteiger partial charge on any atom is -0.495 e. The summed E-state index contributed by atoms with van der Waals surface area (Å²) in [7, 11) is 1.75. The van der Waals surface area contributed by atoms with E-state index in [1.165, 1.54) is 18.4 Å². The minimum absolute atomic E-state index is 0.759. The number of hydrogen-bond acceptors (Lipinski definition) is 2. The van der Waals surface area contributed by atoms with Crippen LogP contribution in [0.2, 0.25) is 0 Å². The van der Waals surface area contributed by atoms with E-state index in [1.807, 2.05) is 0 Å². The molecule has 2 nitrogen and oxygen atoms in total. The molecule has 126 valence electrons. The van der Waals surface area contributed by atoms with Crippen LogP contribution in [0.4, 0.5) is 0 Å². The molecule has 0 saturated carbocycles. The standard InChI is InChI=1S/C22H26O2/c1-4-6-9-14-24-22-18-11-8-7-10-17(18)21(23-3)20-15-16(5-2)12-13-19(20)22/h7-8,10-13,15H,4-6,9,14H2,1-3H3. The van der Waals surface area contributed by atoms with Gasteiger partial charge in [0.2, 0.25) is 0 Å². The van der Waals surface area contributed by atoms with Crippen LogP contribution in [0.3, 0.4) is 0 Å². The van der Waals surface area contributed by atoms with Gasteiger partial charge in [-0.25, -0.2) is 0 Å². The van der Waals surface area contributed by atoms with Crippen LogP contribution >= 0.6 is 0 Å². The maximum atomic E-state index is 6.25. The number of unbranched alkanes of at least 4 members (excludes halogenated alkanes) is 2. The Bertz CT molecular complexity index is 836. The van der Waals surface area contributed by atoms with Gasteiger partial charge >= 0.3 is 0 Å². The van der Waals surface area contributed by atoms with Crippen molar-refractivity contribution in [3.05, 3.63) is 48.0 Å². The Kier molecular flexibility index (Phi) is 5.24. The smallest absolute Gasteiger partial charge is 0.135 e. The van der Waals surface area contributed by atoms with Crippen molar-refractivity contribution in [3.63, 3.8) is 0 Å². The van der Waals surface area contributed by atoms with Crippen LogP contribution in [0.1, 0.15) is 38.7 Å². The van der Waals surface area contributed by atoms with E-state index in [-0.39, 0.29) is 0 Å². The Hall–Kier alpha value is -2.22.